The summed E-state index contributed by atoms with van der Waals surface area (Å²) in [6.07, 6.45) is 0. The van der Waals surface area contributed by atoms with E-state index in [4.69, 9.17) is 9.15 Å². The highest BCUT2D eigenvalue weighted by Gasteiger charge is 2.15. The summed E-state index contributed by atoms with van der Waals surface area (Å²) in [4.78, 5) is 6.59. The summed E-state index contributed by atoms with van der Waals surface area (Å²) < 4.78 is 11.1. The lowest BCUT2D eigenvalue weighted by molar-refractivity contribution is 0.0398. The quantitative estimate of drug-likeness (QED) is 0.913. The Labute approximate surface area is 135 Å². The van der Waals surface area contributed by atoms with Crippen molar-refractivity contribution in [1.82, 2.24) is 9.88 Å². The fourth-order valence-corrected chi connectivity index (χ4v) is 2.49. The third-order valence-corrected chi connectivity index (χ3v) is 3.85. The van der Waals surface area contributed by atoms with Crippen LogP contribution < -0.4 is 5.32 Å². The molecule has 3 rings (SSSR count). The molecular weight excluding hydrogens is 292 g/mol. The number of benzene rings is 1. The van der Waals surface area contributed by atoms with Gasteiger partial charge in [-0.3, -0.25) is 4.90 Å². The van der Waals surface area contributed by atoms with Crippen LogP contribution in [0.3, 0.4) is 0 Å². The molecule has 1 fully saturated rings. The molecule has 1 aliphatic rings. The van der Waals surface area contributed by atoms with Gasteiger partial charge < -0.3 is 14.5 Å². The van der Waals surface area contributed by atoms with E-state index in [1.54, 1.807) is 0 Å². The molecular formula is C17H20N4O2. The summed E-state index contributed by atoms with van der Waals surface area (Å²) >= 11 is 0. The van der Waals surface area contributed by atoms with Crippen molar-refractivity contribution in [2.45, 2.75) is 6.92 Å². The number of aryl methyl sites for hydroxylation is 1. The number of nitrogens with one attached hydrogen (secondary N) is 1. The van der Waals surface area contributed by atoms with Crippen molar-refractivity contribution in [3.63, 3.8) is 0 Å². The van der Waals surface area contributed by atoms with Crippen LogP contribution in [0, 0.1) is 18.3 Å². The van der Waals surface area contributed by atoms with Crippen molar-refractivity contribution in [3.8, 4) is 17.5 Å². The number of rotatable bonds is 5. The third-order valence-electron chi connectivity index (χ3n) is 3.85. The molecule has 2 aromatic rings. The maximum Gasteiger partial charge on any atom is 0.232 e. The number of nitriles is 1. The molecule has 1 saturated heterocycles. The molecule has 0 spiro atoms. The van der Waals surface area contributed by atoms with Gasteiger partial charge in [0.1, 0.15) is 6.07 Å². The minimum absolute atomic E-state index is 0.294. The van der Waals surface area contributed by atoms with E-state index >= 15 is 0 Å². The van der Waals surface area contributed by atoms with Crippen LogP contribution in [0.2, 0.25) is 0 Å². The first-order valence-electron chi connectivity index (χ1n) is 7.78. The molecule has 0 saturated carbocycles. The predicted octanol–water partition coefficient (Wildman–Crippen LogP) is 2.27. The summed E-state index contributed by atoms with van der Waals surface area (Å²) in [7, 11) is 0. The average molecular weight is 312 g/mol. The molecule has 1 aromatic heterocycles. The van der Waals surface area contributed by atoms with E-state index < -0.39 is 0 Å². The van der Waals surface area contributed by atoms with Gasteiger partial charge in [-0.15, -0.1) is 0 Å². The highest BCUT2D eigenvalue weighted by molar-refractivity contribution is 5.59. The second kappa shape index (κ2) is 7.27. The molecule has 6 heteroatoms. The average Bonchev–Trinajstić information content (AvgIpc) is 3.00. The standard InChI is InChI=1S/C17H20N4O2/c1-13-2-4-14(5-3-13)16-20-15(12-18)17(23-16)19-6-7-21-8-10-22-11-9-21/h2-5,19H,6-11H2,1H3. The number of aromatic nitrogens is 1. The number of hydrogen-bond donors (Lipinski definition) is 1. The smallest absolute Gasteiger partial charge is 0.232 e. The van der Waals surface area contributed by atoms with Crippen LogP contribution in [0.25, 0.3) is 11.5 Å². The van der Waals surface area contributed by atoms with Gasteiger partial charge in [-0.25, -0.2) is 0 Å². The van der Waals surface area contributed by atoms with Gasteiger partial charge in [0, 0.05) is 31.7 Å². The number of nitrogens with zero attached hydrogens (tertiary/aromatic N) is 3. The summed E-state index contributed by atoms with van der Waals surface area (Å²) in [5.41, 5.74) is 2.33. The fourth-order valence-electron chi connectivity index (χ4n) is 2.49. The topological polar surface area (TPSA) is 74.3 Å². The molecule has 0 atom stereocenters. The van der Waals surface area contributed by atoms with Gasteiger partial charge in [0.2, 0.25) is 17.5 Å². The molecule has 120 valence electrons. The molecule has 0 bridgehead atoms. The zero-order chi connectivity index (χ0) is 16.1. The maximum atomic E-state index is 9.23. The largest absolute Gasteiger partial charge is 0.419 e. The number of oxazole rings is 1. The lowest BCUT2D eigenvalue weighted by Crippen LogP contribution is -2.39. The van der Waals surface area contributed by atoms with Crippen molar-refractivity contribution < 1.29 is 9.15 Å². The normalized spacial score (nSPS) is 15.3. The van der Waals surface area contributed by atoms with Crippen LogP contribution >= 0.6 is 0 Å². The molecule has 1 aromatic carbocycles. The van der Waals surface area contributed by atoms with Gasteiger partial charge in [0.25, 0.3) is 0 Å². The molecule has 1 aliphatic heterocycles. The van der Waals surface area contributed by atoms with Crippen molar-refractivity contribution in [1.29, 1.82) is 5.26 Å². The minimum Gasteiger partial charge on any atom is -0.419 e. The lowest BCUT2D eigenvalue weighted by atomic mass is 10.1. The van der Waals surface area contributed by atoms with Gasteiger partial charge in [-0.05, 0) is 19.1 Å². The monoisotopic (exact) mass is 312 g/mol. The Morgan fingerprint density at radius 1 is 1.26 bits per heavy atom. The van der Waals surface area contributed by atoms with Crippen LogP contribution in [0.5, 0.6) is 0 Å². The number of anilines is 1. The van der Waals surface area contributed by atoms with E-state index in [0.29, 0.717) is 24.0 Å². The van der Waals surface area contributed by atoms with Crippen LogP contribution in [0.1, 0.15) is 11.3 Å². The Balaban J connectivity index is 1.64. The van der Waals surface area contributed by atoms with Gasteiger partial charge in [0.05, 0.1) is 13.2 Å². The third kappa shape index (κ3) is 3.89. The van der Waals surface area contributed by atoms with Crippen LogP contribution in [-0.2, 0) is 4.74 Å². The molecule has 6 nitrogen and oxygen atoms in total. The first-order chi connectivity index (χ1) is 11.3. The molecule has 0 radical (unpaired) electrons. The van der Waals surface area contributed by atoms with Crippen molar-refractivity contribution >= 4 is 5.88 Å². The second-order valence-electron chi connectivity index (χ2n) is 5.56. The Kier molecular flexibility index (Phi) is 4.91. The molecule has 0 aliphatic carbocycles. The summed E-state index contributed by atoms with van der Waals surface area (Å²) in [5, 5.41) is 12.4. The predicted molar refractivity (Wildman–Crippen MR) is 87.1 cm³/mol. The SMILES string of the molecule is Cc1ccc(-c2nc(C#N)c(NCCN3CCOCC3)o2)cc1. The zero-order valence-corrected chi connectivity index (χ0v) is 13.2. The van der Waals surface area contributed by atoms with Crippen LogP contribution in [-0.4, -0.2) is 49.3 Å². The van der Waals surface area contributed by atoms with E-state index in [1.165, 1.54) is 5.56 Å². The van der Waals surface area contributed by atoms with Crippen LogP contribution in [0.15, 0.2) is 28.7 Å². The molecule has 23 heavy (non-hydrogen) atoms. The van der Waals surface area contributed by atoms with E-state index in [2.05, 4.69) is 21.3 Å². The van der Waals surface area contributed by atoms with Gasteiger partial charge >= 0.3 is 0 Å². The summed E-state index contributed by atoms with van der Waals surface area (Å²) in [5.74, 6) is 0.909. The Bertz CT molecular complexity index is 682. The molecule has 1 N–H and O–H groups in total. The van der Waals surface area contributed by atoms with Crippen LogP contribution in [0.4, 0.5) is 5.88 Å². The lowest BCUT2D eigenvalue weighted by Gasteiger charge is -2.26. The Morgan fingerprint density at radius 3 is 2.70 bits per heavy atom. The van der Waals surface area contributed by atoms with Crippen molar-refractivity contribution in [2.24, 2.45) is 0 Å². The van der Waals surface area contributed by atoms with Gasteiger partial charge in [-0.2, -0.15) is 10.2 Å². The summed E-state index contributed by atoms with van der Waals surface area (Å²) in [6.45, 7) is 7.06. The number of ether oxygens (including phenoxy) is 1. The van der Waals surface area contributed by atoms with Crippen molar-refractivity contribution in [3.05, 3.63) is 35.5 Å². The molecule has 0 amide bonds. The molecule has 0 unspecified atom stereocenters. The Hall–Kier alpha value is -2.36. The number of hydrogen-bond acceptors (Lipinski definition) is 6. The van der Waals surface area contributed by atoms with E-state index in [1.807, 2.05) is 31.2 Å². The maximum absolute atomic E-state index is 9.23. The Morgan fingerprint density at radius 2 is 2.00 bits per heavy atom. The van der Waals surface area contributed by atoms with E-state index in [-0.39, 0.29) is 0 Å². The van der Waals surface area contributed by atoms with E-state index in [9.17, 15) is 5.26 Å². The first kappa shape index (κ1) is 15.5. The van der Waals surface area contributed by atoms with Gasteiger partial charge in [0.15, 0.2) is 0 Å². The highest BCUT2D eigenvalue weighted by atomic mass is 16.5. The summed E-state index contributed by atoms with van der Waals surface area (Å²) in [6, 6.07) is 9.97. The second-order valence-corrected chi connectivity index (χ2v) is 5.56. The first-order valence-corrected chi connectivity index (χ1v) is 7.78. The van der Waals surface area contributed by atoms with E-state index in [0.717, 1.165) is 38.4 Å². The highest BCUT2D eigenvalue weighted by Crippen LogP contribution is 2.25. The van der Waals surface area contributed by atoms with Crippen molar-refractivity contribution in [2.75, 3.05) is 44.7 Å². The number of morpholine rings is 1. The van der Waals surface area contributed by atoms with Gasteiger partial charge in [-0.1, -0.05) is 17.7 Å². The zero-order valence-electron chi connectivity index (χ0n) is 13.2. The molecule has 2 heterocycles. The fraction of sp³-hybridized carbons (Fsp3) is 0.412. The minimum atomic E-state index is 0.294.